The van der Waals surface area contributed by atoms with Crippen molar-refractivity contribution in [2.75, 3.05) is 18.8 Å². The fraction of sp³-hybridized carbons (Fsp3) is 0.438. The van der Waals surface area contributed by atoms with Crippen molar-refractivity contribution in [1.29, 1.82) is 0 Å². The van der Waals surface area contributed by atoms with Crippen molar-refractivity contribution < 1.29 is 4.79 Å². The molecule has 0 fully saturated rings. The predicted octanol–water partition coefficient (Wildman–Crippen LogP) is 4.05. The number of carbonyl (C=O) groups excluding carboxylic acids is 1. The molecule has 2 aromatic rings. The Labute approximate surface area is 124 Å². The van der Waals surface area contributed by atoms with Gasteiger partial charge in [-0.25, -0.2) is 0 Å². The zero-order valence-corrected chi connectivity index (χ0v) is 13.2. The molecule has 0 saturated carbocycles. The molecule has 1 aromatic heterocycles. The average molecular weight is 290 g/mol. The number of carbonyl (C=O) groups is 1. The normalized spacial score (nSPS) is 10.9. The second-order valence-corrected chi connectivity index (χ2v) is 6.14. The third-order valence-corrected chi connectivity index (χ3v) is 4.69. The summed E-state index contributed by atoms with van der Waals surface area (Å²) in [7, 11) is 0. The van der Waals surface area contributed by atoms with E-state index in [-0.39, 0.29) is 5.91 Å². The largest absolute Gasteiger partial charge is 0.397 e. The zero-order chi connectivity index (χ0) is 14.7. The van der Waals surface area contributed by atoms with Gasteiger partial charge in [-0.05, 0) is 31.9 Å². The molecule has 2 N–H and O–H groups in total. The van der Waals surface area contributed by atoms with E-state index < -0.39 is 0 Å². The zero-order valence-electron chi connectivity index (χ0n) is 12.4. The molecule has 4 heteroatoms. The molecule has 1 heterocycles. The molecule has 1 amide bonds. The number of thiophene rings is 1. The lowest BCUT2D eigenvalue weighted by Gasteiger charge is -2.20. The minimum absolute atomic E-state index is 0.0669. The Morgan fingerprint density at radius 1 is 1.35 bits per heavy atom. The van der Waals surface area contributed by atoms with Gasteiger partial charge in [-0.15, -0.1) is 11.3 Å². The fourth-order valence-corrected chi connectivity index (χ4v) is 3.47. The second-order valence-electron chi connectivity index (χ2n) is 5.08. The van der Waals surface area contributed by atoms with E-state index >= 15 is 0 Å². The summed E-state index contributed by atoms with van der Waals surface area (Å²) in [4.78, 5) is 15.2. The molecule has 0 saturated heterocycles. The quantitative estimate of drug-likeness (QED) is 0.902. The van der Waals surface area contributed by atoms with E-state index in [0.717, 1.165) is 36.0 Å². The van der Waals surface area contributed by atoms with Crippen LogP contribution in [0, 0.1) is 6.92 Å². The van der Waals surface area contributed by atoms with Gasteiger partial charge in [0.15, 0.2) is 0 Å². The summed E-state index contributed by atoms with van der Waals surface area (Å²) < 4.78 is 1.09. The number of fused-ring (bicyclic) bond motifs is 1. The summed E-state index contributed by atoms with van der Waals surface area (Å²) in [6, 6.07) is 6.14. The van der Waals surface area contributed by atoms with Crippen LogP contribution in [0.1, 0.15) is 41.9 Å². The van der Waals surface area contributed by atoms with Crippen LogP contribution in [-0.4, -0.2) is 23.9 Å². The highest BCUT2D eigenvalue weighted by Gasteiger charge is 2.20. The Morgan fingerprint density at radius 2 is 2.10 bits per heavy atom. The third kappa shape index (κ3) is 2.80. The standard InChI is InChI=1S/C16H22N2OS/c1-4-6-9-18(5-2)16(19)15-14(17)12-8-7-11(3)10-13(12)20-15/h7-8,10H,4-6,9,17H2,1-3H3. The van der Waals surface area contributed by atoms with E-state index in [1.54, 1.807) is 0 Å². The fourth-order valence-electron chi connectivity index (χ4n) is 2.28. The van der Waals surface area contributed by atoms with Crippen molar-refractivity contribution in [1.82, 2.24) is 4.90 Å². The molecule has 0 atom stereocenters. The van der Waals surface area contributed by atoms with Crippen LogP contribution < -0.4 is 5.73 Å². The van der Waals surface area contributed by atoms with Gasteiger partial charge < -0.3 is 10.6 Å². The first-order valence-corrected chi connectivity index (χ1v) is 7.98. The van der Waals surface area contributed by atoms with E-state index in [0.29, 0.717) is 10.6 Å². The van der Waals surface area contributed by atoms with Crippen LogP contribution in [0.15, 0.2) is 18.2 Å². The number of amides is 1. The first-order valence-electron chi connectivity index (χ1n) is 7.16. The van der Waals surface area contributed by atoms with Crippen LogP contribution in [-0.2, 0) is 0 Å². The highest BCUT2D eigenvalue weighted by Crippen LogP contribution is 2.35. The number of nitrogen functional groups attached to an aromatic ring is 1. The number of nitrogens with zero attached hydrogens (tertiary/aromatic N) is 1. The van der Waals surface area contributed by atoms with Crippen LogP contribution >= 0.6 is 11.3 Å². The molecule has 0 bridgehead atoms. The Morgan fingerprint density at radius 3 is 2.75 bits per heavy atom. The number of nitrogens with two attached hydrogens (primary N) is 1. The van der Waals surface area contributed by atoms with E-state index in [2.05, 4.69) is 19.9 Å². The van der Waals surface area contributed by atoms with Crippen molar-refractivity contribution in [3.8, 4) is 0 Å². The molecule has 20 heavy (non-hydrogen) atoms. The molecule has 0 aliphatic carbocycles. The lowest BCUT2D eigenvalue weighted by Crippen LogP contribution is -2.31. The van der Waals surface area contributed by atoms with Crippen LogP contribution in [0.2, 0.25) is 0 Å². The topological polar surface area (TPSA) is 46.3 Å². The van der Waals surface area contributed by atoms with Gasteiger partial charge in [0, 0.05) is 23.2 Å². The highest BCUT2D eigenvalue weighted by molar-refractivity contribution is 7.21. The van der Waals surface area contributed by atoms with Crippen molar-refractivity contribution >= 4 is 33.0 Å². The number of anilines is 1. The molecular weight excluding hydrogens is 268 g/mol. The lowest BCUT2D eigenvalue weighted by molar-refractivity contribution is 0.0768. The average Bonchev–Trinajstić information content (AvgIpc) is 2.76. The Bertz CT molecular complexity index is 618. The van der Waals surface area contributed by atoms with E-state index in [1.807, 2.05) is 24.0 Å². The van der Waals surface area contributed by atoms with Gasteiger partial charge >= 0.3 is 0 Å². The second kappa shape index (κ2) is 6.27. The summed E-state index contributed by atoms with van der Waals surface area (Å²) in [5, 5.41) is 0.996. The molecule has 0 radical (unpaired) electrons. The van der Waals surface area contributed by atoms with E-state index in [9.17, 15) is 4.79 Å². The van der Waals surface area contributed by atoms with Gasteiger partial charge in [0.25, 0.3) is 5.91 Å². The van der Waals surface area contributed by atoms with Gasteiger partial charge in [-0.3, -0.25) is 4.79 Å². The van der Waals surface area contributed by atoms with Gasteiger partial charge in [0.05, 0.1) is 5.69 Å². The molecule has 0 aliphatic rings. The molecule has 0 spiro atoms. The SMILES string of the molecule is CCCCN(CC)C(=O)c1sc2cc(C)ccc2c1N. The minimum atomic E-state index is 0.0669. The Hall–Kier alpha value is -1.55. The maximum absolute atomic E-state index is 12.6. The summed E-state index contributed by atoms with van der Waals surface area (Å²) in [6.45, 7) is 7.73. The van der Waals surface area contributed by atoms with Crippen molar-refractivity contribution in [2.24, 2.45) is 0 Å². The maximum Gasteiger partial charge on any atom is 0.266 e. The first-order chi connectivity index (χ1) is 9.58. The smallest absolute Gasteiger partial charge is 0.266 e. The number of hydrogen-bond acceptors (Lipinski definition) is 3. The highest BCUT2D eigenvalue weighted by atomic mass is 32.1. The molecule has 1 aromatic carbocycles. The number of unbranched alkanes of at least 4 members (excludes halogenated alkanes) is 1. The molecule has 0 unspecified atom stereocenters. The predicted molar refractivity (Wildman–Crippen MR) is 87.5 cm³/mol. The first kappa shape index (κ1) is 14.9. The summed E-state index contributed by atoms with van der Waals surface area (Å²) in [5.41, 5.74) is 7.99. The van der Waals surface area contributed by atoms with Crippen LogP contribution in [0.4, 0.5) is 5.69 Å². The molecule has 108 valence electrons. The number of rotatable bonds is 5. The van der Waals surface area contributed by atoms with E-state index in [4.69, 9.17) is 5.73 Å². The minimum Gasteiger partial charge on any atom is -0.397 e. The van der Waals surface area contributed by atoms with E-state index in [1.165, 1.54) is 16.9 Å². The van der Waals surface area contributed by atoms with Crippen LogP contribution in [0.3, 0.4) is 0 Å². The maximum atomic E-state index is 12.6. The number of hydrogen-bond donors (Lipinski definition) is 1. The van der Waals surface area contributed by atoms with Gasteiger partial charge in [-0.2, -0.15) is 0 Å². The van der Waals surface area contributed by atoms with Gasteiger partial charge in [0.2, 0.25) is 0 Å². The molecule has 2 rings (SSSR count). The molecule has 3 nitrogen and oxygen atoms in total. The van der Waals surface area contributed by atoms with Crippen molar-refractivity contribution in [3.63, 3.8) is 0 Å². The van der Waals surface area contributed by atoms with Crippen molar-refractivity contribution in [3.05, 3.63) is 28.6 Å². The van der Waals surface area contributed by atoms with Gasteiger partial charge in [-0.1, -0.05) is 25.5 Å². The van der Waals surface area contributed by atoms with Crippen molar-refractivity contribution in [2.45, 2.75) is 33.6 Å². The van der Waals surface area contributed by atoms with Crippen LogP contribution in [0.5, 0.6) is 0 Å². The summed E-state index contributed by atoms with van der Waals surface area (Å²) >= 11 is 1.51. The lowest BCUT2D eigenvalue weighted by atomic mass is 10.1. The third-order valence-electron chi connectivity index (χ3n) is 3.53. The Kier molecular flexibility index (Phi) is 4.65. The molecule has 0 aliphatic heterocycles. The monoisotopic (exact) mass is 290 g/mol. The summed E-state index contributed by atoms with van der Waals surface area (Å²) in [5.74, 6) is 0.0669. The Balaban J connectivity index is 2.36. The number of aryl methyl sites for hydroxylation is 1. The molecular formula is C16H22N2OS. The van der Waals surface area contributed by atoms with Gasteiger partial charge in [0.1, 0.15) is 4.88 Å². The van der Waals surface area contributed by atoms with Crippen LogP contribution in [0.25, 0.3) is 10.1 Å². The number of benzene rings is 1. The summed E-state index contributed by atoms with van der Waals surface area (Å²) in [6.07, 6.45) is 2.12.